The van der Waals surface area contributed by atoms with Crippen molar-refractivity contribution in [2.45, 2.75) is 12.8 Å². The van der Waals surface area contributed by atoms with E-state index in [4.69, 9.17) is 0 Å². The summed E-state index contributed by atoms with van der Waals surface area (Å²) in [6.07, 6.45) is 0.664. The predicted octanol–water partition coefficient (Wildman–Crippen LogP) is 0.227. The molecule has 2 saturated heterocycles. The lowest BCUT2D eigenvalue weighted by Gasteiger charge is -2.31. The Morgan fingerprint density at radius 1 is 1.06 bits per heavy atom. The van der Waals surface area contributed by atoms with Crippen molar-refractivity contribution in [2.75, 3.05) is 44.2 Å². The first-order chi connectivity index (χ1) is 7.75. The maximum atomic E-state index is 11.6. The van der Waals surface area contributed by atoms with E-state index >= 15 is 0 Å². The van der Waals surface area contributed by atoms with Crippen molar-refractivity contribution in [1.82, 2.24) is 9.80 Å². The van der Waals surface area contributed by atoms with Crippen LogP contribution in [0, 0.1) is 0 Å². The van der Waals surface area contributed by atoms with Crippen LogP contribution < -0.4 is 0 Å². The maximum absolute atomic E-state index is 11.6. The third kappa shape index (κ3) is 3.22. The van der Waals surface area contributed by atoms with E-state index in [1.807, 2.05) is 16.7 Å². The molecule has 2 aliphatic rings. The second-order valence-corrected chi connectivity index (χ2v) is 5.52. The van der Waals surface area contributed by atoms with Crippen LogP contribution in [0.5, 0.6) is 0 Å². The van der Waals surface area contributed by atoms with E-state index in [2.05, 4.69) is 4.90 Å². The molecule has 4 nitrogen and oxygen atoms in total. The minimum absolute atomic E-state index is 0.0163. The van der Waals surface area contributed by atoms with Crippen molar-refractivity contribution in [1.29, 1.82) is 0 Å². The fourth-order valence-corrected chi connectivity index (χ4v) is 3.06. The van der Waals surface area contributed by atoms with Crippen LogP contribution in [0.3, 0.4) is 0 Å². The van der Waals surface area contributed by atoms with Crippen molar-refractivity contribution < 1.29 is 9.59 Å². The van der Waals surface area contributed by atoms with Crippen LogP contribution in [0.25, 0.3) is 0 Å². The summed E-state index contributed by atoms with van der Waals surface area (Å²) in [5.41, 5.74) is 0. The van der Waals surface area contributed by atoms with Crippen molar-refractivity contribution in [3.05, 3.63) is 0 Å². The molecule has 2 rings (SSSR count). The molecule has 5 heteroatoms. The van der Waals surface area contributed by atoms with E-state index in [0.717, 1.165) is 26.2 Å². The van der Waals surface area contributed by atoms with Crippen molar-refractivity contribution in [2.24, 2.45) is 0 Å². The molecule has 1 amide bonds. The smallest absolute Gasteiger partial charge is 0.230 e. The Morgan fingerprint density at radius 2 is 1.81 bits per heavy atom. The van der Waals surface area contributed by atoms with Gasteiger partial charge in [0.15, 0.2) is 0 Å². The predicted molar refractivity (Wildman–Crippen MR) is 64.6 cm³/mol. The molecule has 90 valence electrons. The Bertz CT molecular complexity index is 277. The Kier molecular flexibility index (Phi) is 4.23. The molecule has 0 radical (unpaired) electrons. The summed E-state index contributed by atoms with van der Waals surface area (Å²) in [7, 11) is 0. The van der Waals surface area contributed by atoms with Crippen LogP contribution >= 0.6 is 11.8 Å². The monoisotopic (exact) mass is 242 g/mol. The topological polar surface area (TPSA) is 40.6 Å². The lowest BCUT2D eigenvalue weighted by molar-refractivity contribution is -0.139. The van der Waals surface area contributed by atoms with E-state index in [9.17, 15) is 9.59 Å². The molecule has 16 heavy (non-hydrogen) atoms. The van der Waals surface area contributed by atoms with E-state index in [0.29, 0.717) is 13.0 Å². The van der Waals surface area contributed by atoms with Crippen LogP contribution in [-0.4, -0.2) is 65.7 Å². The molecule has 0 bridgehead atoms. The molecule has 0 aromatic rings. The third-order valence-corrected chi connectivity index (χ3v) is 4.09. The van der Waals surface area contributed by atoms with Gasteiger partial charge in [-0.2, -0.15) is 11.8 Å². The number of carbonyl (C=O) groups is 2. The van der Waals surface area contributed by atoms with E-state index in [-0.39, 0.29) is 18.1 Å². The third-order valence-electron chi connectivity index (χ3n) is 3.15. The SMILES string of the molecule is O=C1CCN(CCN2CCSCC2)C(=O)C1. The van der Waals surface area contributed by atoms with Gasteiger partial charge in [0.2, 0.25) is 5.91 Å². The second-order valence-electron chi connectivity index (χ2n) is 4.30. The first kappa shape index (κ1) is 11.9. The number of ketones is 1. The Labute approximate surface area is 100 Å². The molecule has 0 unspecified atom stereocenters. The Hall–Kier alpha value is -0.550. The first-order valence-electron chi connectivity index (χ1n) is 5.85. The van der Waals surface area contributed by atoms with Gasteiger partial charge in [0.1, 0.15) is 5.78 Å². The lowest BCUT2D eigenvalue weighted by atomic mass is 10.1. The van der Waals surface area contributed by atoms with Gasteiger partial charge >= 0.3 is 0 Å². The fourth-order valence-electron chi connectivity index (χ4n) is 2.08. The molecular formula is C11H18N2O2S. The van der Waals surface area contributed by atoms with Crippen molar-refractivity contribution in [3.8, 4) is 0 Å². The molecule has 2 fully saturated rings. The Morgan fingerprint density at radius 3 is 2.50 bits per heavy atom. The zero-order valence-corrected chi connectivity index (χ0v) is 10.3. The minimum Gasteiger partial charge on any atom is -0.341 e. The summed E-state index contributed by atoms with van der Waals surface area (Å²) in [5.74, 6) is 2.51. The number of hydrogen-bond acceptors (Lipinski definition) is 4. The molecule has 0 atom stereocenters. The highest BCUT2D eigenvalue weighted by atomic mass is 32.2. The summed E-state index contributed by atoms with van der Waals surface area (Å²) in [5, 5.41) is 0. The first-order valence-corrected chi connectivity index (χ1v) is 7.01. The molecule has 0 saturated carbocycles. The van der Waals surface area contributed by atoms with Crippen LogP contribution in [0.15, 0.2) is 0 Å². The van der Waals surface area contributed by atoms with E-state index < -0.39 is 0 Å². The van der Waals surface area contributed by atoms with Crippen LogP contribution in [-0.2, 0) is 9.59 Å². The molecule has 0 N–H and O–H groups in total. The van der Waals surface area contributed by atoms with Gasteiger partial charge in [0.25, 0.3) is 0 Å². The molecular weight excluding hydrogens is 224 g/mol. The Balaban J connectivity index is 1.72. The standard InChI is InChI=1S/C11H18N2O2S/c14-10-1-2-13(11(15)9-10)4-3-12-5-7-16-8-6-12/h1-9H2. The van der Waals surface area contributed by atoms with Crippen LogP contribution in [0.4, 0.5) is 0 Å². The van der Waals surface area contributed by atoms with Gasteiger partial charge in [-0.25, -0.2) is 0 Å². The van der Waals surface area contributed by atoms with Gasteiger partial charge in [-0.15, -0.1) is 0 Å². The highest BCUT2D eigenvalue weighted by Gasteiger charge is 2.23. The van der Waals surface area contributed by atoms with Gasteiger partial charge in [-0.3, -0.25) is 14.5 Å². The molecule has 0 aliphatic carbocycles. The number of Topliss-reactive ketones (excluding diaryl/α,β-unsaturated/α-hetero) is 1. The van der Waals surface area contributed by atoms with E-state index in [1.165, 1.54) is 11.5 Å². The minimum atomic E-state index is 0.0163. The molecule has 0 spiro atoms. The van der Waals surface area contributed by atoms with Gasteiger partial charge in [-0.1, -0.05) is 0 Å². The number of piperidine rings is 1. The number of thioether (sulfide) groups is 1. The van der Waals surface area contributed by atoms with Gasteiger partial charge in [-0.05, 0) is 0 Å². The highest BCUT2D eigenvalue weighted by molar-refractivity contribution is 7.99. The fraction of sp³-hybridized carbons (Fsp3) is 0.818. The summed E-state index contributed by atoms with van der Waals surface area (Å²) in [6, 6.07) is 0. The maximum Gasteiger partial charge on any atom is 0.230 e. The average molecular weight is 242 g/mol. The second kappa shape index (κ2) is 5.68. The van der Waals surface area contributed by atoms with E-state index in [1.54, 1.807) is 0 Å². The van der Waals surface area contributed by atoms with Gasteiger partial charge in [0.05, 0.1) is 6.42 Å². The average Bonchev–Trinajstić information content (AvgIpc) is 2.29. The lowest BCUT2D eigenvalue weighted by Crippen LogP contribution is -2.44. The summed E-state index contributed by atoms with van der Waals surface area (Å²) >= 11 is 1.99. The number of likely N-dealkylation sites (tertiary alicyclic amines) is 1. The molecule has 2 heterocycles. The van der Waals surface area contributed by atoms with Gasteiger partial charge < -0.3 is 4.90 Å². The molecule has 0 aromatic carbocycles. The summed E-state index contributed by atoms with van der Waals surface area (Å²) in [4.78, 5) is 26.9. The summed E-state index contributed by atoms with van der Waals surface area (Å²) in [6.45, 7) is 4.63. The quantitative estimate of drug-likeness (QED) is 0.664. The van der Waals surface area contributed by atoms with Crippen molar-refractivity contribution in [3.63, 3.8) is 0 Å². The number of amides is 1. The number of rotatable bonds is 3. The normalized spacial score (nSPS) is 23.9. The van der Waals surface area contributed by atoms with Crippen LogP contribution in [0.2, 0.25) is 0 Å². The zero-order valence-electron chi connectivity index (χ0n) is 9.48. The number of nitrogens with zero attached hydrogens (tertiary/aromatic N) is 2. The largest absolute Gasteiger partial charge is 0.341 e. The number of hydrogen-bond donors (Lipinski definition) is 0. The molecule has 0 aromatic heterocycles. The van der Waals surface area contributed by atoms with Gasteiger partial charge in [0, 0.05) is 50.7 Å². The van der Waals surface area contributed by atoms with Crippen molar-refractivity contribution >= 4 is 23.5 Å². The number of carbonyl (C=O) groups excluding carboxylic acids is 2. The van der Waals surface area contributed by atoms with Crippen LogP contribution in [0.1, 0.15) is 12.8 Å². The zero-order chi connectivity index (χ0) is 11.4. The summed E-state index contributed by atoms with van der Waals surface area (Å²) < 4.78 is 0. The highest BCUT2D eigenvalue weighted by Crippen LogP contribution is 2.10. The molecule has 2 aliphatic heterocycles.